The molecule has 0 atom stereocenters. The van der Waals surface area contributed by atoms with Crippen LogP contribution < -0.4 is 0 Å². The number of hydrogen-bond acceptors (Lipinski definition) is 3. The lowest BCUT2D eigenvalue weighted by Crippen LogP contribution is -2.04. The van der Waals surface area contributed by atoms with E-state index >= 15 is 0 Å². The lowest BCUT2D eigenvalue weighted by atomic mass is 9.90. The van der Waals surface area contributed by atoms with Crippen LogP contribution in [0.1, 0.15) is 0 Å². The molecule has 3 aromatic heterocycles. The maximum atomic E-state index is 5.47. The van der Waals surface area contributed by atoms with Gasteiger partial charge in [-0.2, -0.15) is 0 Å². The van der Waals surface area contributed by atoms with Crippen LogP contribution in [0.4, 0.5) is 0 Å². The Morgan fingerprint density at radius 1 is 0.281 bits per heavy atom. The summed E-state index contributed by atoms with van der Waals surface area (Å²) >= 11 is 0. The number of rotatable bonds is 7. The summed E-state index contributed by atoms with van der Waals surface area (Å²) in [5.74, 6) is 2.48. The van der Waals surface area contributed by atoms with Crippen LogP contribution in [0.5, 0.6) is 0 Å². The van der Waals surface area contributed by atoms with Crippen molar-refractivity contribution in [1.82, 2.24) is 28.7 Å². The van der Waals surface area contributed by atoms with Gasteiger partial charge in [-0.25, -0.2) is 15.0 Å². The summed E-state index contributed by atoms with van der Waals surface area (Å²) in [6.45, 7) is 0. The van der Waals surface area contributed by atoms with E-state index in [9.17, 15) is 0 Å². The Balaban J connectivity index is 1.33. The SMILES string of the molecule is c1ccc(-c2c(-c3nc4ccccc4n3-c3ccccc3)cc(-c3nc4ccccc4n3-c3ccccc3)cc2-c2nc3ccccc3n2-c2ccccc2)cc1. The van der Waals surface area contributed by atoms with E-state index in [4.69, 9.17) is 15.0 Å². The van der Waals surface area contributed by atoms with Crippen LogP contribution in [0.3, 0.4) is 0 Å². The predicted molar refractivity (Wildman–Crippen MR) is 232 cm³/mol. The quantitative estimate of drug-likeness (QED) is 0.164. The zero-order chi connectivity index (χ0) is 37.7. The summed E-state index contributed by atoms with van der Waals surface area (Å²) in [6.07, 6.45) is 0. The molecular formula is C51H34N6. The molecule has 0 saturated carbocycles. The van der Waals surface area contributed by atoms with E-state index in [1.54, 1.807) is 0 Å². The Labute approximate surface area is 329 Å². The first-order valence-electron chi connectivity index (χ1n) is 19.1. The van der Waals surface area contributed by atoms with Crippen molar-refractivity contribution in [2.75, 3.05) is 0 Å². The van der Waals surface area contributed by atoms with Gasteiger partial charge in [0.25, 0.3) is 0 Å². The second-order valence-corrected chi connectivity index (χ2v) is 14.1. The molecule has 6 heteroatoms. The van der Waals surface area contributed by atoms with Gasteiger partial charge in [0.2, 0.25) is 0 Å². The summed E-state index contributed by atoms with van der Waals surface area (Å²) in [5.41, 5.74) is 13.9. The third kappa shape index (κ3) is 5.46. The fraction of sp³-hybridized carbons (Fsp3) is 0. The molecule has 0 saturated heterocycles. The van der Waals surface area contributed by atoms with Crippen LogP contribution in [0.2, 0.25) is 0 Å². The van der Waals surface area contributed by atoms with Crippen molar-refractivity contribution >= 4 is 33.1 Å². The van der Waals surface area contributed by atoms with Gasteiger partial charge in [-0.15, -0.1) is 0 Å². The Kier molecular flexibility index (Phi) is 7.71. The van der Waals surface area contributed by atoms with Gasteiger partial charge in [0, 0.05) is 39.3 Å². The van der Waals surface area contributed by atoms with E-state index in [-0.39, 0.29) is 0 Å². The maximum absolute atomic E-state index is 5.47. The molecule has 0 fully saturated rings. The lowest BCUT2D eigenvalue weighted by Gasteiger charge is -2.20. The maximum Gasteiger partial charge on any atom is 0.146 e. The van der Waals surface area contributed by atoms with Crippen molar-refractivity contribution in [3.05, 3.63) is 206 Å². The predicted octanol–water partition coefficient (Wildman–Crippen LogP) is 12.4. The zero-order valence-electron chi connectivity index (χ0n) is 30.8. The molecule has 0 aliphatic rings. The molecule has 0 spiro atoms. The van der Waals surface area contributed by atoms with Crippen LogP contribution in [-0.4, -0.2) is 28.7 Å². The lowest BCUT2D eigenvalue weighted by molar-refractivity contribution is 1.09. The molecule has 0 amide bonds. The molecule has 0 aliphatic heterocycles. The molecule has 0 bridgehead atoms. The van der Waals surface area contributed by atoms with Gasteiger partial charge in [-0.3, -0.25) is 13.7 Å². The van der Waals surface area contributed by atoms with Gasteiger partial charge in [0.15, 0.2) is 0 Å². The topological polar surface area (TPSA) is 53.5 Å². The molecule has 268 valence electrons. The van der Waals surface area contributed by atoms with E-state index in [1.165, 1.54) is 0 Å². The smallest absolute Gasteiger partial charge is 0.146 e. The summed E-state index contributed by atoms with van der Waals surface area (Å²) in [5, 5.41) is 0. The molecule has 8 aromatic carbocycles. The number of fused-ring (bicyclic) bond motifs is 3. The Bertz CT molecular complexity index is 3080. The molecular weight excluding hydrogens is 697 g/mol. The zero-order valence-corrected chi connectivity index (χ0v) is 30.8. The minimum absolute atomic E-state index is 0.828. The molecule has 11 rings (SSSR count). The first-order chi connectivity index (χ1) is 28.3. The second-order valence-electron chi connectivity index (χ2n) is 14.1. The molecule has 0 unspecified atom stereocenters. The number of hydrogen-bond donors (Lipinski definition) is 0. The normalized spacial score (nSPS) is 11.5. The molecule has 11 aromatic rings. The van der Waals surface area contributed by atoms with Crippen molar-refractivity contribution in [2.45, 2.75) is 0 Å². The van der Waals surface area contributed by atoms with E-state index in [1.807, 2.05) is 6.07 Å². The molecule has 0 N–H and O–H groups in total. The summed E-state index contributed by atoms with van der Waals surface area (Å²) in [7, 11) is 0. The Morgan fingerprint density at radius 2 is 0.596 bits per heavy atom. The van der Waals surface area contributed by atoms with E-state index in [2.05, 4.69) is 214 Å². The highest BCUT2D eigenvalue weighted by molar-refractivity contribution is 5.99. The third-order valence-electron chi connectivity index (χ3n) is 10.7. The highest BCUT2D eigenvalue weighted by Gasteiger charge is 2.27. The summed E-state index contributed by atoms with van der Waals surface area (Å²) in [4.78, 5) is 16.3. The van der Waals surface area contributed by atoms with Crippen LogP contribution in [-0.2, 0) is 0 Å². The Morgan fingerprint density at radius 3 is 1.00 bits per heavy atom. The fourth-order valence-corrected chi connectivity index (χ4v) is 8.19. The monoisotopic (exact) mass is 730 g/mol. The first kappa shape index (κ1) is 32.6. The first-order valence-corrected chi connectivity index (χ1v) is 19.1. The standard InChI is InChI=1S/C51H34N6/c1-5-19-35(20-6-1)48-40(50-53-43-28-14-17-31-46(43)56(50)38-23-9-3-10-24-38)33-36(49-52-42-27-13-16-30-45(42)55(49)37-21-7-2-8-22-37)34-41(48)51-54-44-29-15-18-32-47(44)57(51)39-25-11-4-12-26-39/h1-34H. The number of nitrogens with zero attached hydrogens (tertiary/aromatic N) is 6. The van der Waals surface area contributed by atoms with Crippen LogP contribution in [0.25, 0.3) is 95.5 Å². The minimum atomic E-state index is 0.828. The van der Waals surface area contributed by atoms with Crippen LogP contribution in [0.15, 0.2) is 206 Å². The molecule has 3 heterocycles. The summed E-state index contributed by atoms with van der Waals surface area (Å²) < 4.78 is 6.83. The highest BCUT2D eigenvalue weighted by atomic mass is 15.1. The molecule has 0 radical (unpaired) electrons. The number of aromatic nitrogens is 6. The fourth-order valence-electron chi connectivity index (χ4n) is 8.19. The average molecular weight is 731 g/mol. The average Bonchev–Trinajstić information content (AvgIpc) is 3.99. The molecule has 6 nitrogen and oxygen atoms in total. The van der Waals surface area contributed by atoms with Crippen molar-refractivity contribution in [3.8, 4) is 62.4 Å². The van der Waals surface area contributed by atoms with Crippen LogP contribution >= 0.6 is 0 Å². The van der Waals surface area contributed by atoms with Crippen molar-refractivity contribution in [3.63, 3.8) is 0 Å². The molecule has 57 heavy (non-hydrogen) atoms. The minimum Gasteiger partial charge on any atom is -0.292 e. The van der Waals surface area contributed by atoms with E-state index in [0.29, 0.717) is 0 Å². The van der Waals surface area contributed by atoms with Crippen LogP contribution in [0, 0.1) is 0 Å². The van der Waals surface area contributed by atoms with Gasteiger partial charge in [-0.1, -0.05) is 121 Å². The van der Waals surface area contributed by atoms with Gasteiger partial charge in [-0.05, 0) is 90.5 Å². The van der Waals surface area contributed by atoms with Gasteiger partial charge < -0.3 is 0 Å². The van der Waals surface area contributed by atoms with E-state index in [0.717, 1.165) is 95.5 Å². The number of imidazole rings is 3. The number of para-hydroxylation sites is 9. The molecule has 0 aliphatic carbocycles. The van der Waals surface area contributed by atoms with Crippen molar-refractivity contribution in [2.24, 2.45) is 0 Å². The van der Waals surface area contributed by atoms with Gasteiger partial charge in [0.1, 0.15) is 17.5 Å². The van der Waals surface area contributed by atoms with Crippen molar-refractivity contribution < 1.29 is 0 Å². The van der Waals surface area contributed by atoms with E-state index < -0.39 is 0 Å². The largest absolute Gasteiger partial charge is 0.292 e. The Hall–Kier alpha value is -7.83. The summed E-state index contributed by atoms with van der Waals surface area (Å²) in [6, 6.07) is 71.8. The third-order valence-corrected chi connectivity index (χ3v) is 10.7. The van der Waals surface area contributed by atoms with Gasteiger partial charge >= 0.3 is 0 Å². The highest BCUT2D eigenvalue weighted by Crippen LogP contribution is 2.46. The van der Waals surface area contributed by atoms with Gasteiger partial charge in [0.05, 0.1) is 33.1 Å². The number of benzene rings is 8. The van der Waals surface area contributed by atoms with Crippen molar-refractivity contribution in [1.29, 1.82) is 0 Å². The second kappa shape index (κ2) is 13.5.